The van der Waals surface area contributed by atoms with E-state index in [4.69, 9.17) is 4.74 Å². The molecule has 0 saturated heterocycles. The van der Waals surface area contributed by atoms with Crippen LogP contribution in [0, 0.1) is 0 Å². The third kappa shape index (κ3) is 2.75. The Morgan fingerprint density at radius 2 is 2.24 bits per heavy atom. The van der Waals surface area contributed by atoms with Crippen molar-refractivity contribution in [3.05, 3.63) is 42.5 Å². The number of rotatable bonds is 6. The summed E-state index contributed by atoms with van der Waals surface area (Å²) < 4.78 is 9.83. The average molecular weight is 285 g/mol. The number of pyridine rings is 1. The topological polar surface area (TPSA) is 56.4 Å². The minimum Gasteiger partial charge on any atom is -0.434 e. The van der Waals surface area contributed by atoms with Gasteiger partial charge in [-0.3, -0.25) is 9.08 Å². The molecule has 6 nitrogen and oxygen atoms in total. The first kappa shape index (κ1) is 13.6. The molecule has 0 unspecified atom stereocenters. The zero-order valence-electron chi connectivity index (χ0n) is 12.3. The summed E-state index contributed by atoms with van der Waals surface area (Å²) in [5, 5.41) is 7.43. The summed E-state index contributed by atoms with van der Waals surface area (Å²) in [5.74, 6) is 1.33. The Hall–Kier alpha value is -2.34. The zero-order chi connectivity index (χ0) is 14.7. The molecule has 3 rings (SSSR count). The van der Waals surface area contributed by atoms with E-state index in [9.17, 15) is 0 Å². The summed E-state index contributed by atoms with van der Waals surface area (Å²) in [4.78, 5) is 4.55. The molecule has 3 heterocycles. The predicted molar refractivity (Wildman–Crippen MR) is 80.5 cm³/mol. The van der Waals surface area contributed by atoms with Crippen LogP contribution in [0.25, 0.3) is 5.65 Å². The van der Waals surface area contributed by atoms with Crippen molar-refractivity contribution in [1.29, 1.82) is 0 Å². The van der Waals surface area contributed by atoms with Crippen molar-refractivity contribution in [2.75, 3.05) is 7.05 Å². The van der Waals surface area contributed by atoms with E-state index in [1.165, 1.54) is 0 Å². The van der Waals surface area contributed by atoms with Crippen LogP contribution in [0.3, 0.4) is 0 Å². The standard InChI is InChI=1S/C15H19N5O/c1-3-7-19-11-12(9-17-19)21-15-13(10-16-2)20-8-5-4-6-14(20)18-15/h4-6,8-9,11,16H,3,7,10H2,1-2H3. The molecule has 1 N–H and O–H groups in total. The van der Waals surface area contributed by atoms with E-state index in [1.54, 1.807) is 6.20 Å². The molecule has 3 aromatic heterocycles. The summed E-state index contributed by atoms with van der Waals surface area (Å²) in [6.07, 6.45) is 6.66. The highest BCUT2D eigenvalue weighted by atomic mass is 16.5. The maximum absolute atomic E-state index is 5.92. The van der Waals surface area contributed by atoms with Crippen LogP contribution in [0.2, 0.25) is 0 Å². The molecule has 0 aromatic carbocycles. The largest absolute Gasteiger partial charge is 0.434 e. The quantitative estimate of drug-likeness (QED) is 0.756. The van der Waals surface area contributed by atoms with Crippen molar-refractivity contribution >= 4 is 5.65 Å². The van der Waals surface area contributed by atoms with Crippen LogP contribution >= 0.6 is 0 Å². The number of nitrogens with zero attached hydrogens (tertiary/aromatic N) is 4. The Labute approximate surface area is 123 Å². The van der Waals surface area contributed by atoms with Gasteiger partial charge in [-0.05, 0) is 25.6 Å². The second kappa shape index (κ2) is 5.97. The lowest BCUT2D eigenvalue weighted by atomic mass is 10.4. The summed E-state index contributed by atoms with van der Waals surface area (Å²) in [5.41, 5.74) is 1.87. The fourth-order valence-electron chi connectivity index (χ4n) is 2.30. The molecular formula is C15H19N5O. The first-order chi connectivity index (χ1) is 10.3. The predicted octanol–water partition coefficient (Wildman–Crippen LogP) is 2.45. The number of nitrogens with one attached hydrogen (secondary N) is 1. The minimum atomic E-state index is 0.617. The molecule has 3 aromatic rings. The first-order valence-corrected chi connectivity index (χ1v) is 7.12. The third-order valence-electron chi connectivity index (χ3n) is 3.21. The van der Waals surface area contributed by atoms with Gasteiger partial charge in [-0.15, -0.1) is 0 Å². The molecule has 0 radical (unpaired) electrons. The van der Waals surface area contributed by atoms with Crippen molar-refractivity contribution in [2.24, 2.45) is 0 Å². The lowest BCUT2D eigenvalue weighted by Gasteiger charge is -2.04. The Bertz CT molecular complexity index is 731. The molecule has 0 saturated carbocycles. The summed E-state index contributed by atoms with van der Waals surface area (Å²) in [6.45, 7) is 3.69. The molecule has 110 valence electrons. The average Bonchev–Trinajstić information content (AvgIpc) is 3.06. The minimum absolute atomic E-state index is 0.617. The van der Waals surface area contributed by atoms with Crippen LogP contribution in [0.5, 0.6) is 11.6 Å². The maximum atomic E-state index is 5.92. The van der Waals surface area contributed by atoms with Crippen LogP contribution in [0.4, 0.5) is 0 Å². The van der Waals surface area contributed by atoms with Crippen molar-refractivity contribution in [3.8, 4) is 11.6 Å². The highest BCUT2D eigenvalue weighted by Crippen LogP contribution is 2.25. The fraction of sp³-hybridized carbons (Fsp3) is 0.333. The van der Waals surface area contributed by atoms with Crippen LogP contribution in [-0.2, 0) is 13.1 Å². The van der Waals surface area contributed by atoms with Crippen molar-refractivity contribution in [2.45, 2.75) is 26.4 Å². The second-order valence-corrected chi connectivity index (χ2v) is 4.86. The van der Waals surface area contributed by atoms with Gasteiger partial charge in [0, 0.05) is 19.3 Å². The number of hydrogen-bond acceptors (Lipinski definition) is 4. The van der Waals surface area contributed by atoms with E-state index in [2.05, 4.69) is 22.3 Å². The van der Waals surface area contributed by atoms with Crippen LogP contribution < -0.4 is 10.1 Å². The third-order valence-corrected chi connectivity index (χ3v) is 3.21. The van der Waals surface area contributed by atoms with Gasteiger partial charge in [-0.2, -0.15) is 10.1 Å². The molecule has 0 aliphatic carbocycles. The number of hydrogen-bond donors (Lipinski definition) is 1. The number of aryl methyl sites for hydroxylation is 1. The molecule has 0 spiro atoms. The van der Waals surface area contributed by atoms with Gasteiger partial charge in [0.15, 0.2) is 5.75 Å². The normalized spacial score (nSPS) is 11.1. The van der Waals surface area contributed by atoms with E-state index in [1.807, 2.05) is 46.7 Å². The maximum Gasteiger partial charge on any atom is 0.242 e. The molecule has 0 fully saturated rings. The number of aromatic nitrogens is 4. The zero-order valence-corrected chi connectivity index (χ0v) is 12.3. The Kier molecular flexibility index (Phi) is 3.87. The van der Waals surface area contributed by atoms with Crippen molar-refractivity contribution in [1.82, 2.24) is 24.5 Å². The Morgan fingerprint density at radius 3 is 3.05 bits per heavy atom. The monoisotopic (exact) mass is 285 g/mol. The highest BCUT2D eigenvalue weighted by Gasteiger charge is 2.14. The molecule has 6 heteroatoms. The molecule has 0 amide bonds. The van der Waals surface area contributed by atoms with E-state index in [0.717, 1.165) is 24.3 Å². The Morgan fingerprint density at radius 1 is 1.33 bits per heavy atom. The van der Waals surface area contributed by atoms with Gasteiger partial charge in [0.05, 0.1) is 12.4 Å². The van der Waals surface area contributed by atoms with Crippen LogP contribution in [0.1, 0.15) is 19.0 Å². The molecular weight excluding hydrogens is 266 g/mol. The molecule has 0 atom stereocenters. The van der Waals surface area contributed by atoms with E-state index < -0.39 is 0 Å². The molecule has 0 bridgehead atoms. The van der Waals surface area contributed by atoms with Crippen molar-refractivity contribution in [3.63, 3.8) is 0 Å². The highest BCUT2D eigenvalue weighted by molar-refractivity contribution is 5.46. The number of fused-ring (bicyclic) bond motifs is 1. The lowest BCUT2D eigenvalue weighted by Crippen LogP contribution is -2.08. The van der Waals surface area contributed by atoms with Gasteiger partial charge >= 0.3 is 0 Å². The molecule has 0 aliphatic rings. The van der Waals surface area contributed by atoms with Gasteiger partial charge in [0.25, 0.3) is 0 Å². The van der Waals surface area contributed by atoms with Gasteiger partial charge in [0.1, 0.15) is 11.3 Å². The summed E-state index contributed by atoms with van der Waals surface area (Å²) in [6, 6.07) is 5.91. The Balaban J connectivity index is 1.93. The van der Waals surface area contributed by atoms with Gasteiger partial charge in [-0.1, -0.05) is 13.0 Å². The van der Waals surface area contributed by atoms with Gasteiger partial charge < -0.3 is 10.1 Å². The SMILES string of the molecule is CCCn1cc(Oc2nc3ccccn3c2CNC)cn1. The van der Waals surface area contributed by atoms with Gasteiger partial charge in [0.2, 0.25) is 5.88 Å². The van der Waals surface area contributed by atoms with Gasteiger partial charge in [-0.25, -0.2) is 0 Å². The summed E-state index contributed by atoms with van der Waals surface area (Å²) >= 11 is 0. The summed E-state index contributed by atoms with van der Waals surface area (Å²) in [7, 11) is 1.91. The van der Waals surface area contributed by atoms with Crippen LogP contribution in [0.15, 0.2) is 36.8 Å². The van der Waals surface area contributed by atoms with E-state index >= 15 is 0 Å². The van der Waals surface area contributed by atoms with Crippen LogP contribution in [-0.4, -0.2) is 26.2 Å². The van der Waals surface area contributed by atoms with E-state index in [-0.39, 0.29) is 0 Å². The smallest absolute Gasteiger partial charge is 0.242 e. The second-order valence-electron chi connectivity index (χ2n) is 4.86. The lowest BCUT2D eigenvalue weighted by molar-refractivity contribution is 0.455. The molecule has 21 heavy (non-hydrogen) atoms. The molecule has 0 aliphatic heterocycles. The number of imidazole rings is 1. The van der Waals surface area contributed by atoms with Crippen molar-refractivity contribution < 1.29 is 4.74 Å². The van der Waals surface area contributed by atoms with E-state index in [0.29, 0.717) is 18.2 Å². The first-order valence-electron chi connectivity index (χ1n) is 7.12. The fourth-order valence-corrected chi connectivity index (χ4v) is 2.30. The number of ether oxygens (including phenoxy) is 1.